The normalized spacial score (nSPS) is 10.8. The van der Waals surface area contributed by atoms with E-state index in [0.717, 1.165) is 50.7 Å². The van der Waals surface area contributed by atoms with Crippen molar-refractivity contribution in [1.82, 2.24) is 10.2 Å². The summed E-state index contributed by atoms with van der Waals surface area (Å²) in [5, 5.41) is 12.1. The Kier molecular flexibility index (Phi) is 19.1. The summed E-state index contributed by atoms with van der Waals surface area (Å²) >= 11 is 0. The number of nitrogens with zero attached hydrogens (tertiary/aromatic N) is 1. The number of unbranched alkanes of at least 4 members (excludes halogenated alkanes) is 14. The van der Waals surface area contributed by atoms with Crippen LogP contribution in [-0.4, -0.2) is 41.8 Å². The van der Waals surface area contributed by atoms with Crippen LogP contribution in [0.1, 0.15) is 116 Å². The van der Waals surface area contributed by atoms with Gasteiger partial charge in [-0.05, 0) is 43.5 Å². The van der Waals surface area contributed by atoms with Crippen molar-refractivity contribution in [2.24, 2.45) is 5.73 Å². The van der Waals surface area contributed by atoms with Gasteiger partial charge < -0.3 is 25.8 Å². The number of hydrogen-bond acceptors (Lipinski definition) is 4. The summed E-state index contributed by atoms with van der Waals surface area (Å²) in [6, 6.07) is 6.36. The lowest BCUT2D eigenvalue weighted by atomic mass is 10.1. The molecule has 7 nitrogen and oxygen atoms in total. The maximum Gasteiger partial charge on any atom is 0.316 e. The lowest BCUT2D eigenvalue weighted by Crippen LogP contribution is -2.44. The van der Waals surface area contributed by atoms with Gasteiger partial charge in [-0.1, -0.05) is 90.4 Å². The number of hydrogen-bond donors (Lipinski definition) is 3. The Balaban J connectivity index is 1.92. The van der Waals surface area contributed by atoms with Gasteiger partial charge in [0.05, 0.1) is 13.3 Å². The van der Waals surface area contributed by atoms with E-state index in [2.05, 4.69) is 12.2 Å². The second kappa shape index (κ2) is 21.8. The van der Waals surface area contributed by atoms with E-state index in [4.69, 9.17) is 10.5 Å². The highest BCUT2D eigenvalue weighted by molar-refractivity contribution is 5.77. The number of rotatable bonds is 23. The number of primary amides is 1. The molecule has 0 saturated carbocycles. The molecular formula is C29H51N3O4. The van der Waals surface area contributed by atoms with Gasteiger partial charge in [-0.15, -0.1) is 0 Å². The lowest BCUT2D eigenvalue weighted by Gasteiger charge is -2.20. The quantitative estimate of drug-likeness (QED) is 0.111. The fraction of sp³-hybridized carbons (Fsp3) is 0.724. The molecule has 0 aliphatic rings. The molecule has 1 aromatic rings. The molecule has 0 aliphatic carbocycles. The van der Waals surface area contributed by atoms with Crippen molar-refractivity contribution in [3.63, 3.8) is 0 Å². The molecule has 0 saturated heterocycles. The Bertz CT molecular complexity index is 682. The van der Waals surface area contributed by atoms with Crippen LogP contribution in [0.2, 0.25) is 0 Å². The zero-order valence-electron chi connectivity index (χ0n) is 22.6. The van der Waals surface area contributed by atoms with E-state index in [1.807, 2.05) is 0 Å². The van der Waals surface area contributed by atoms with Gasteiger partial charge in [0, 0.05) is 13.0 Å². The molecule has 1 aromatic carbocycles. The minimum Gasteiger partial charge on any atom is -0.508 e. The van der Waals surface area contributed by atoms with Gasteiger partial charge in [0.15, 0.2) is 0 Å². The SMILES string of the molecule is CCCCCCCCCCN(CNC(=O)CCCCCCCCCCOc1ccc(O)cc1)C(N)=O. The highest BCUT2D eigenvalue weighted by Crippen LogP contribution is 2.16. The molecule has 0 aliphatic heterocycles. The third kappa shape index (κ3) is 17.9. The van der Waals surface area contributed by atoms with E-state index in [-0.39, 0.29) is 18.3 Å². The standard InChI is InChI=1S/C29H51N3O4/c1-2-3-4-5-6-10-13-16-23-32(29(30)35)25-31-28(34)18-15-12-9-7-8-11-14-17-24-36-27-21-19-26(33)20-22-27/h19-22,33H,2-18,23-25H2,1H3,(H2,30,35)(H,31,34). The van der Waals surface area contributed by atoms with Crippen LogP contribution in [0, 0.1) is 0 Å². The molecule has 1 rings (SSSR count). The van der Waals surface area contributed by atoms with Crippen LogP contribution in [0.25, 0.3) is 0 Å². The molecule has 0 heterocycles. The molecule has 0 fully saturated rings. The number of ether oxygens (including phenoxy) is 1. The largest absolute Gasteiger partial charge is 0.508 e. The van der Waals surface area contributed by atoms with Crippen molar-refractivity contribution in [2.45, 2.75) is 116 Å². The fourth-order valence-electron chi connectivity index (χ4n) is 4.16. The number of nitrogens with two attached hydrogens (primary N) is 1. The molecule has 0 unspecified atom stereocenters. The number of urea groups is 1. The Morgan fingerprint density at radius 3 is 1.92 bits per heavy atom. The predicted octanol–water partition coefficient (Wildman–Crippen LogP) is 6.88. The molecule has 0 aromatic heterocycles. The molecule has 0 spiro atoms. The Morgan fingerprint density at radius 1 is 0.806 bits per heavy atom. The van der Waals surface area contributed by atoms with Crippen molar-refractivity contribution in [2.75, 3.05) is 19.8 Å². The maximum atomic E-state index is 12.1. The zero-order valence-corrected chi connectivity index (χ0v) is 22.6. The van der Waals surface area contributed by atoms with E-state index >= 15 is 0 Å². The summed E-state index contributed by atoms with van der Waals surface area (Å²) in [5.74, 6) is 1.04. The van der Waals surface area contributed by atoms with Gasteiger partial charge in [0.25, 0.3) is 0 Å². The first kappa shape index (κ1) is 31.6. The highest BCUT2D eigenvalue weighted by Gasteiger charge is 2.10. The van der Waals surface area contributed by atoms with Crippen LogP contribution in [-0.2, 0) is 4.79 Å². The first-order valence-electron chi connectivity index (χ1n) is 14.3. The number of carbonyl (C=O) groups excluding carboxylic acids is 2. The van der Waals surface area contributed by atoms with Crippen LogP contribution in [0.3, 0.4) is 0 Å². The molecule has 0 bridgehead atoms. The van der Waals surface area contributed by atoms with E-state index in [0.29, 0.717) is 19.6 Å². The minimum atomic E-state index is -0.467. The highest BCUT2D eigenvalue weighted by atomic mass is 16.5. The van der Waals surface area contributed by atoms with Gasteiger partial charge in [0.1, 0.15) is 11.5 Å². The number of amides is 3. The smallest absolute Gasteiger partial charge is 0.316 e. The number of benzene rings is 1. The van der Waals surface area contributed by atoms with Crippen molar-refractivity contribution in [1.29, 1.82) is 0 Å². The summed E-state index contributed by atoms with van der Waals surface area (Å²) in [7, 11) is 0. The fourth-order valence-corrected chi connectivity index (χ4v) is 4.16. The van der Waals surface area contributed by atoms with E-state index < -0.39 is 6.03 Å². The Hall–Kier alpha value is -2.44. The summed E-state index contributed by atoms with van der Waals surface area (Å²) in [4.78, 5) is 25.3. The Labute approximate surface area is 219 Å². The third-order valence-corrected chi connectivity index (χ3v) is 6.46. The predicted molar refractivity (Wildman–Crippen MR) is 147 cm³/mol. The first-order chi connectivity index (χ1) is 17.5. The van der Waals surface area contributed by atoms with Gasteiger partial charge >= 0.3 is 6.03 Å². The molecule has 206 valence electrons. The molecule has 36 heavy (non-hydrogen) atoms. The van der Waals surface area contributed by atoms with Crippen molar-refractivity contribution >= 4 is 11.9 Å². The number of carbonyl (C=O) groups is 2. The van der Waals surface area contributed by atoms with Gasteiger partial charge in [-0.3, -0.25) is 4.79 Å². The van der Waals surface area contributed by atoms with Gasteiger partial charge in [0.2, 0.25) is 5.91 Å². The summed E-state index contributed by atoms with van der Waals surface area (Å²) < 4.78 is 5.66. The van der Waals surface area contributed by atoms with Crippen molar-refractivity contribution in [3.8, 4) is 11.5 Å². The van der Waals surface area contributed by atoms with Gasteiger partial charge in [-0.25, -0.2) is 4.79 Å². The average molecular weight is 506 g/mol. The summed E-state index contributed by atoms with van der Waals surface area (Å²) in [5.41, 5.74) is 5.48. The molecular weight excluding hydrogens is 454 g/mol. The Morgan fingerprint density at radius 2 is 1.33 bits per heavy atom. The lowest BCUT2D eigenvalue weighted by molar-refractivity contribution is -0.121. The van der Waals surface area contributed by atoms with Crippen molar-refractivity contribution in [3.05, 3.63) is 24.3 Å². The number of aromatic hydroxyl groups is 1. The average Bonchev–Trinajstić information content (AvgIpc) is 2.86. The van der Waals surface area contributed by atoms with Crippen LogP contribution in [0.4, 0.5) is 4.79 Å². The van der Waals surface area contributed by atoms with E-state index in [1.54, 1.807) is 24.3 Å². The minimum absolute atomic E-state index is 0.00852. The molecule has 0 atom stereocenters. The summed E-state index contributed by atoms with van der Waals surface area (Å²) in [6.45, 7) is 3.74. The van der Waals surface area contributed by atoms with Crippen LogP contribution >= 0.6 is 0 Å². The second-order valence-electron chi connectivity index (χ2n) is 9.76. The summed E-state index contributed by atoms with van der Waals surface area (Å²) in [6.07, 6.45) is 19.0. The zero-order chi connectivity index (χ0) is 26.3. The van der Waals surface area contributed by atoms with Crippen LogP contribution in [0.15, 0.2) is 24.3 Å². The number of phenolic OH excluding ortho intramolecular Hbond substituents is 1. The maximum absolute atomic E-state index is 12.1. The molecule has 7 heteroatoms. The third-order valence-electron chi connectivity index (χ3n) is 6.46. The van der Waals surface area contributed by atoms with Crippen molar-refractivity contribution < 1.29 is 19.4 Å². The van der Waals surface area contributed by atoms with Crippen LogP contribution in [0.5, 0.6) is 11.5 Å². The van der Waals surface area contributed by atoms with E-state index in [9.17, 15) is 14.7 Å². The molecule has 3 amide bonds. The number of nitrogens with one attached hydrogen (secondary N) is 1. The van der Waals surface area contributed by atoms with Gasteiger partial charge in [-0.2, -0.15) is 0 Å². The molecule has 4 N–H and O–H groups in total. The topological polar surface area (TPSA) is 105 Å². The monoisotopic (exact) mass is 505 g/mol. The second-order valence-corrected chi connectivity index (χ2v) is 9.76. The number of phenols is 1. The van der Waals surface area contributed by atoms with Crippen LogP contribution < -0.4 is 15.8 Å². The molecule has 0 radical (unpaired) electrons. The first-order valence-corrected chi connectivity index (χ1v) is 14.3. The van der Waals surface area contributed by atoms with E-state index in [1.165, 1.54) is 62.7 Å².